The molecule has 0 saturated heterocycles. The number of carbonyl (C=O) groups is 1. The Morgan fingerprint density at radius 2 is 1.55 bits per heavy atom. The van der Waals surface area contributed by atoms with E-state index in [4.69, 9.17) is 9.72 Å². The summed E-state index contributed by atoms with van der Waals surface area (Å²) in [5.41, 5.74) is 5.81. The van der Waals surface area contributed by atoms with Crippen LogP contribution in [0.15, 0.2) is 84.9 Å². The van der Waals surface area contributed by atoms with Crippen LogP contribution in [0.3, 0.4) is 0 Å². The number of nitrogens with zero attached hydrogens (tertiary/aromatic N) is 1. The quantitative estimate of drug-likeness (QED) is 0.402. The van der Waals surface area contributed by atoms with E-state index >= 15 is 0 Å². The largest absolute Gasteiger partial charge is 0.465 e. The molecule has 4 heteroatoms. The van der Waals surface area contributed by atoms with E-state index in [1.165, 1.54) is 7.11 Å². The van der Waals surface area contributed by atoms with Crippen molar-refractivity contribution in [1.82, 2.24) is 9.97 Å². The molecule has 140 valence electrons. The lowest BCUT2D eigenvalue weighted by Gasteiger charge is -2.07. The van der Waals surface area contributed by atoms with Crippen LogP contribution in [0.5, 0.6) is 0 Å². The summed E-state index contributed by atoms with van der Waals surface area (Å²) >= 11 is 0. The van der Waals surface area contributed by atoms with Crippen molar-refractivity contribution in [3.05, 3.63) is 90.5 Å². The maximum absolute atomic E-state index is 11.8. The lowest BCUT2D eigenvalue weighted by atomic mass is 9.98. The van der Waals surface area contributed by atoms with Crippen molar-refractivity contribution in [2.24, 2.45) is 0 Å². The van der Waals surface area contributed by atoms with E-state index in [0.29, 0.717) is 5.56 Å². The smallest absolute Gasteiger partial charge is 0.337 e. The zero-order valence-corrected chi connectivity index (χ0v) is 15.8. The highest BCUT2D eigenvalue weighted by molar-refractivity contribution is 5.96. The van der Waals surface area contributed by atoms with Crippen LogP contribution in [0.1, 0.15) is 10.4 Å². The highest BCUT2D eigenvalue weighted by atomic mass is 16.5. The Hall–Kier alpha value is -3.92. The fraction of sp³-hybridized carbons (Fsp3) is 0.0400. The monoisotopic (exact) mass is 378 g/mol. The number of para-hydroxylation sites is 2. The molecular weight excluding hydrogens is 360 g/mol. The zero-order chi connectivity index (χ0) is 19.8. The highest BCUT2D eigenvalue weighted by Crippen LogP contribution is 2.29. The van der Waals surface area contributed by atoms with E-state index in [9.17, 15) is 4.79 Å². The van der Waals surface area contributed by atoms with Crippen molar-refractivity contribution in [3.8, 4) is 22.5 Å². The molecule has 4 nitrogen and oxygen atoms in total. The molecule has 5 aromatic rings. The third-order valence-electron chi connectivity index (χ3n) is 5.12. The number of benzene rings is 4. The van der Waals surface area contributed by atoms with Crippen molar-refractivity contribution in [1.29, 1.82) is 0 Å². The van der Waals surface area contributed by atoms with Crippen LogP contribution in [0.25, 0.3) is 44.3 Å². The topological polar surface area (TPSA) is 55.0 Å². The normalized spacial score (nSPS) is 11.1. The molecule has 0 saturated carbocycles. The van der Waals surface area contributed by atoms with Gasteiger partial charge in [0.1, 0.15) is 5.82 Å². The van der Waals surface area contributed by atoms with E-state index in [0.717, 1.165) is 44.3 Å². The molecule has 29 heavy (non-hydrogen) atoms. The number of hydrogen-bond acceptors (Lipinski definition) is 3. The number of ether oxygens (including phenoxy) is 1. The van der Waals surface area contributed by atoms with Crippen molar-refractivity contribution in [2.75, 3.05) is 7.11 Å². The number of H-pyrrole nitrogens is 1. The van der Waals surface area contributed by atoms with E-state index in [1.807, 2.05) is 48.5 Å². The third kappa shape index (κ3) is 3.15. The van der Waals surface area contributed by atoms with Gasteiger partial charge in [-0.25, -0.2) is 9.78 Å². The first kappa shape index (κ1) is 17.2. The number of rotatable bonds is 3. The second kappa shape index (κ2) is 6.91. The molecule has 0 atom stereocenters. The van der Waals surface area contributed by atoms with Gasteiger partial charge in [0, 0.05) is 5.56 Å². The molecule has 0 radical (unpaired) electrons. The van der Waals surface area contributed by atoms with Gasteiger partial charge in [-0.15, -0.1) is 0 Å². The first-order chi connectivity index (χ1) is 14.2. The van der Waals surface area contributed by atoms with E-state index < -0.39 is 0 Å². The zero-order valence-electron chi connectivity index (χ0n) is 15.8. The molecule has 0 amide bonds. The van der Waals surface area contributed by atoms with Crippen molar-refractivity contribution in [2.45, 2.75) is 0 Å². The lowest BCUT2D eigenvalue weighted by molar-refractivity contribution is 0.0601. The molecule has 0 aliphatic rings. The fourth-order valence-electron chi connectivity index (χ4n) is 3.61. The van der Waals surface area contributed by atoms with Gasteiger partial charge in [0.05, 0.1) is 23.7 Å². The molecular formula is C25H18N2O2. The number of aromatic nitrogens is 2. The third-order valence-corrected chi connectivity index (χ3v) is 5.12. The SMILES string of the molecule is COC(=O)c1ccc2cc(-c3cccc(-c4nc5ccccc5[nH]4)c3)ccc2c1. The molecule has 0 aliphatic carbocycles. The molecule has 0 fully saturated rings. The minimum Gasteiger partial charge on any atom is -0.465 e. The van der Waals surface area contributed by atoms with Gasteiger partial charge in [-0.1, -0.05) is 48.5 Å². The Morgan fingerprint density at radius 1 is 0.793 bits per heavy atom. The number of fused-ring (bicyclic) bond motifs is 2. The highest BCUT2D eigenvalue weighted by Gasteiger charge is 2.09. The van der Waals surface area contributed by atoms with Crippen LogP contribution in [-0.4, -0.2) is 23.0 Å². The minimum atomic E-state index is -0.325. The Balaban J connectivity index is 1.54. The first-order valence-electron chi connectivity index (χ1n) is 9.39. The van der Waals surface area contributed by atoms with E-state index in [-0.39, 0.29) is 5.97 Å². The van der Waals surface area contributed by atoms with Gasteiger partial charge in [0.25, 0.3) is 0 Å². The van der Waals surface area contributed by atoms with Crippen LogP contribution in [0.4, 0.5) is 0 Å². The average Bonchev–Trinajstić information content (AvgIpc) is 3.22. The van der Waals surface area contributed by atoms with Crippen molar-refractivity contribution < 1.29 is 9.53 Å². The Labute approximate surface area is 167 Å². The van der Waals surface area contributed by atoms with E-state index in [1.54, 1.807) is 6.07 Å². The summed E-state index contributed by atoms with van der Waals surface area (Å²) in [7, 11) is 1.39. The number of imidazole rings is 1. The summed E-state index contributed by atoms with van der Waals surface area (Å²) in [5, 5.41) is 2.08. The molecule has 1 heterocycles. The number of esters is 1. The van der Waals surface area contributed by atoms with Gasteiger partial charge >= 0.3 is 5.97 Å². The number of nitrogens with one attached hydrogen (secondary N) is 1. The van der Waals surface area contributed by atoms with E-state index in [2.05, 4.69) is 35.3 Å². The minimum absolute atomic E-state index is 0.325. The molecule has 4 aromatic carbocycles. The predicted octanol–water partition coefficient (Wildman–Crippen LogP) is 5.84. The molecule has 0 aliphatic heterocycles. The molecule has 0 bridgehead atoms. The second-order valence-corrected chi connectivity index (χ2v) is 6.95. The first-order valence-corrected chi connectivity index (χ1v) is 9.39. The van der Waals surface area contributed by atoms with Gasteiger partial charge in [-0.3, -0.25) is 0 Å². The number of carbonyl (C=O) groups excluding carboxylic acids is 1. The van der Waals surface area contributed by atoms with Crippen LogP contribution in [0, 0.1) is 0 Å². The van der Waals surface area contributed by atoms with Crippen molar-refractivity contribution in [3.63, 3.8) is 0 Å². The molecule has 1 aromatic heterocycles. The van der Waals surface area contributed by atoms with Crippen molar-refractivity contribution >= 4 is 27.8 Å². The van der Waals surface area contributed by atoms with Gasteiger partial charge < -0.3 is 9.72 Å². The number of methoxy groups -OCH3 is 1. The van der Waals surface area contributed by atoms with Gasteiger partial charge in [-0.2, -0.15) is 0 Å². The van der Waals surface area contributed by atoms with Crippen LogP contribution < -0.4 is 0 Å². The Kier molecular flexibility index (Phi) is 4.10. The summed E-state index contributed by atoms with van der Waals surface area (Å²) in [4.78, 5) is 19.8. The summed E-state index contributed by atoms with van der Waals surface area (Å²) in [6.45, 7) is 0. The second-order valence-electron chi connectivity index (χ2n) is 6.95. The summed E-state index contributed by atoms with van der Waals surface area (Å²) in [6.07, 6.45) is 0. The molecule has 5 rings (SSSR count). The summed E-state index contributed by atoms with van der Waals surface area (Å²) < 4.78 is 4.81. The summed E-state index contributed by atoms with van der Waals surface area (Å²) in [6, 6.07) is 28.2. The maximum atomic E-state index is 11.8. The molecule has 0 spiro atoms. The Bertz CT molecular complexity index is 1330. The fourth-order valence-corrected chi connectivity index (χ4v) is 3.61. The van der Waals surface area contributed by atoms with Crippen LogP contribution >= 0.6 is 0 Å². The maximum Gasteiger partial charge on any atom is 0.337 e. The number of hydrogen-bond donors (Lipinski definition) is 1. The molecule has 1 N–H and O–H groups in total. The van der Waals surface area contributed by atoms with Gasteiger partial charge in [0.15, 0.2) is 0 Å². The van der Waals surface area contributed by atoms with Crippen LogP contribution in [-0.2, 0) is 4.74 Å². The standard InChI is InChI=1S/C25H18N2O2/c1-29-25(28)21-12-11-18-13-17(9-10-19(18)15-21)16-5-4-6-20(14-16)24-26-22-7-2-3-8-23(22)27-24/h2-15H,1H3,(H,26,27). The summed E-state index contributed by atoms with van der Waals surface area (Å²) in [5.74, 6) is 0.533. The average molecular weight is 378 g/mol. The Morgan fingerprint density at radius 3 is 2.41 bits per heavy atom. The number of aromatic amines is 1. The van der Waals surface area contributed by atoms with Gasteiger partial charge in [-0.05, 0) is 58.3 Å². The van der Waals surface area contributed by atoms with Crippen LogP contribution in [0.2, 0.25) is 0 Å². The molecule has 0 unspecified atom stereocenters. The van der Waals surface area contributed by atoms with Gasteiger partial charge in [0.2, 0.25) is 0 Å². The predicted molar refractivity (Wildman–Crippen MR) is 116 cm³/mol. The lowest BCUT2D eigenvalue weighted by Crippen LogP contribution is -2.00.